The molecule has 2 amide bonds. The van der Waals surface area contributed by atoms with Gasteiger partial charge in [-0.15, -0.1) is 0 Å². The molecule has 2 aromatic carbocycles. The molecule has 1 saturated heterocycles. The van der Waals surface area contributed by atoms with E-state index in [1.54, 1.807) is 9.58 Å². The molecule has 1 N–H and O–H groups in total. The SMILES string of the molecule is Cc1cc(NC(=O)C2CC(=O)N(C(C)c3ccccc3)C2)n(-c2ccc3ccccc3n2)n1. The lowest BCUT2D eigenvalue weighted by Gasteiger charge is -2.25. The minimum atomic E-state index is -0.420. The standard InChI is InChI=1S/C26H25N5O2/c1-17-14-24(31(29-17)23-13-12-20-10-6-7-11-22(20)27-23)28-26(33)21-15-25(32)30(16-21)18(2)19-8-4-3-5-9-19/h3-14,18,21H,15-16H2,1-2H3,(H,28,33). The van der Waals surface area contributed by atoms with Crippen molar-refractivity contribution in [1.29, 1.82) is 0 Å². The Bertz CT molecular complexity index is 1330. The van der Waals surface area contributed by atoms with Crippen LogP contribution in [-0.2, 0) is 9.59 Å². The predicted octanol–water partition coefficient (Wildman–Crippen LogP) is 4.28. The van der Waals surface area contributed by atoms with Gasteiger partial charge in [0, 0.05) is 24.4 Å². The minimum absolute atomic E-state index is 0.00705. The highest BCUT2D eigenvalue weighted by molar-refractivity contribution is 5.97. The van der Waals surface area contributed by atoms with Crippen molar-refractivity contribution in [2.24, 2.45) is 5.92 Å². The van der Waals surface area contributed by atoms with Gasteiger partial charge in [-0.25, -0.2) is 4.98 Å². The Morgan fingerprint density at radius 1 is 1.06 bits per heavy atom. The predicted molar refractivity (Wildman–Crippen MR) is 127 cm³/mol. The Hall–Kier alpha value is -4.00. The Morgan fingerprint density at radius 2 is 1.82 bits per heavy atom. The zero-order chi connectivity index (χ0) is 22.9. The van der Waals surface area contributed by atoms with E-state index in [2.05, 4.69) is 10.4 Å². The number of aromatic nitrogens is 3. The van der Waals surface area contributed by atoms with Gasteiger partial charge in [-0.1, -0.05) is 48.5 Å². The maximum absolute atomic E-state index is 13.1. The van der Waals surface area contributed by atoms with E-state index in [0.29, 0.717) is 18.2 Å². The number of para-hydroxylation sites is 1. The Labute approximate surface area is 192 Å². The monoisotopic (exact) mass is 439 g/mol. The van der Waals surface area contributed by atoms with Crippen LogP contribution in [0.25, 0.3) is 16.7 Å². The largest absolute Gasteiger partial charge is 0.335 e. The number of rotatable bonds is 5. The third kappa shape index (κ3) is 4.09. The van der Waals surface area contributed by atoms with Crippen molar-refractivity contribution < 1.29 is 9.59 Å². The first-order chi connectivity index (χ1) is 16.0. The van der Waals surface area contributed by atoms with Crippen LogP contribution in [0.2, 0.25) is 0 Å². The van der Waals surface area contributed by atoms with Crippen LogP contribution in [0.1, 0.15) is 30.6 Å². The number of fused-ring (bicyclic) bond motifs is 1. The second kappa shape index (κ2) is 8.50. The minimum Gasteiger partial charge on any atom is -0.335 e. The number of aryl methyl sites for hydroxylation is 1. The molecule has 1 fully saturated rings. The van der Waals surface area contributed by atoms with Gasteiger partial charge in [0.05, 0.1) is 23.2 Å². The van der Waals surface area contributed by atoms with Crippen LogP contribution in [0, 0.1) is 12.8 Å². The lowest BCUT2D eigenvalue weighted by molar-refractivity contribution is -0.129. The molecule has 2 unspecified atom stereocenters. The Balaban J connectivity index is 1.35. The molecule has 0 aliphatic carbocycles. The van der Waals surface area contributed by atoms with Gasteiger partial charge < -0.3 is 10.2 Å². The number of amides is 2. The zero-order valence-electron chi connectivity index (χ0n) is 18.6. The van der Waals surface area contributed by atoms with E-state index in [1.165, 1.54) is 0 Å². The van der Waals surface area contributed by atoms with Gasteiger partial charge in [-0.05, 0) is 37.6 Å². The first kappa shape index (κ1) is 20.9. The molecule has 0 saturated carbocycles. The van der Waals surface area contributed by atoms with Crippen molar-refractivity contribution in [3.8, 4) is 5.82 Å². The molecule has 1 aliphatic heterocycles. The van der Waals surface area contributed by atoms with Crippen LogP contribution in [0.15, 0.2) is 72.8 Å². The molecular formula is C26H25N5O2. The van der Waals surface area contributed by atoms with Crippen molar-refractivity contribution in [2.75, 3.05) is 11.9 Å². The van der Waals surface area contributed by atoms with Crippen molar-refractivity contribution >= 4 is 28.5 Å². The average molecular weight is 440 g/mol. The number of pyridine rings is 1. The van der Waals surface area contributed by atoms with Crippen LogP contribution in [-0.4, -0.2) is 38.0 Å². The van der Waals surface area contributed by atoms with E-state index in [1.807, 2.05) is 86.6 Å². The second-order valence-electron chi connectivity index (χ2n) is 8.47. The number of benzene rings is 2. The topological polar surface area (TPSA) is 80.1 Å². The number of hydrogen-bond acceptors (Lipinski definition) is 4. The Morgan fingerprint density at radius 3 is 2.64 bits per heavy atom. The molecule has 4 aromatic rings. The van der Waals surface area contributed by atoms with Gasteiger partial charge in [0.2, 0.25) is 11.8 Å². The van der Waals surface area contributed by atoms with Crippen LogP contribution in [0.5, 0.6) is 0 Å². The number of nitrogens with zero attached hydrogens (tertiary/aromatic N) is 4. The molecule has 166 valence electrons. The summed E-state index contributed by atoms with van der Waals surface area (Å²) >= 11 is 0. The normalized spacial score (nSPS) is 16.8. The van der Waals surface area contributed by atoms with E-state index in [9.17, 15) is 9.59 Å². The van der Waals surface area contributed by atoms with Crippen LogP contribution >= 0.6 is 0 Å². The highest BCUT2D eigenvalue weighted by Crippen LogP contribution is 2.29. The summed E-state index contributed by atoms with van der Waals surface area (Å²) in [7, 11) is 0. The Kier molecular flexibility index (Phi) is 5.38. The summed E-state index contributed by atoms with van der Waals surface area (Å²) in [6.45, 7) is 4.26. The van der Waals surface area contributed by atoms with Crippen molar-refractivity contribution in [2.45, 2.75) is 26.3 Å². The molecule has 5 rings (SSSR count). The molecule has 0 bridgehead atoms. The lowest BCUT2D eigenvalue weighted by Crippen LogP contribution is -2.30. The van der Waals surface area contributed by atoms with Crippen molar-refractivity contribution in [3.05, 3.63) is 84.1 Å². The first-order valence-corrected chi connectivity index (χ1v) is 11.1. The summed E-state index contributed by atoms with van der Waals surface area (Å²) in [4.78, 5) is 32.3. The van der Waals surface area contributed by atoms with E-state index in [4.69, 9.17) is 4.98 Å². The van der Waals surface area contributed by atoms with Gasteiger partial charge >= 0.3 is 0 Å². The summed E-state index contributed by atoms with van der Waals surface area (Å²) < 4.78 is 1.64. The molecule has 7 heteroatoms. The molecule has 0 radical (unpaired) electrons. The molecule has 2 aromatic heterocycles. The van der Waals surface area contributed by atoms with Crippen LogP contribution in [0.4, 0.5) is 5.82 Å². The van der Waals surface area contributed by atoms with Crippen molar-refractivity contribution in [3.63, 3.8) is 0 Å². The van der Waals surface area contributed by atoms with Gasteiger partial charge in [-0.2, -0.15) is 9.78 Å². The molecule has 1 aliphatic rings. The molecule has 0 spiro atoms. The quantitative estimate of drug-likeness (QED) is 0.503. The van der Waals surface area contributed by atoms with E-state index in [0.717, 1.165) is 22.2 Å². The third-order valence-electron chi connectivity index (χ3n) is 6.16. The first-order valence-electron chi connectivity index (χ1n) is 11.1. The molecule has 7 nitrogen and oxygen atoms in total. The summed E-state index contributed by atoms with van der Waals surface area (Å²) in [6.07, 6.45) is 0.199. The second-order valence-corrected chi connectivity index (χ2v) is 8.47. The van der Waals surface area contributed by atoms with Crippen molar-refractivity contribution in [1.82, 2.24) is 19.7 Å². The van der Waals surface area contributed by atoms with E-state index < -0.39 is 5.92 Å². The van der Waals surface area contributed by atoms with E-state index in [-0.39, 0.29) is 24.3 Å². The molecule has 3 heterocycles. The van der Waals surface area contributed by atoms with Crippen LogP contribution < -0.4 is 5.32 Å². The summed E-state index contributed by atoms with van der Waals surface area (Å²) in [5.41, 5.74) is 2.68. The summed E-state index contributed by atoms with van der Waals surface area (Å²) in [5.74, 6) is 0.554. The highest BCUT2D eigenvalue weighted by atomic mass is 16.2. The van der Waals surface area contributed by atoms with Gasteiger partial charge in [0.1, 0.15) is 5.82 Å². The molecule has 2 atom stereocenters. The average Bonchev–Trinajstić information content (AvgIpc) is 3.41. The number of hydrogen-bond donors (Lipinski definition) is 1. The lowest BCUT2D eigenvalue weighted by atomic mass is 10.1. The fourth-order valence-electron chi connectivity index (χ4n) is 4.36. The van der Waals surface area contributed by atoms with Gasteiger partial charge in [0.25, 0.3) is 0 Å². The number of nitrogens with one attached hydrogen (secondary N) is 1. The maximum atomic E-state index is 13.1. The number of carbonyl (C=O) groups excluding carboxylic acids is 2. The van der Waals surface area contributed by atoms with E-state index >= 15 is 0 Å². The highest BCUT2D eigenvalue weighted by Gasteiger charge is 2.37. The maximum Gasteiger partial charge on any atom is 0.230 e. The smallest absolute Gasteiger partial charge is 0.230 e. The molecule has 33 heavy (non-hydrogen) atoms. The summed E-state index contributed by atoms with van der Waals surface area (Å²) in [5, 5.41) is 8.54. The fourth-order valence-corrected chi connectivity index (χ4v) is 4.36. The zero-order valence-corrected chi connectivity index (χ0v) is 18.6. The van der Waals surface area contributed by atoms with Crippen LogP contribution in [0.3, 0.4) is 0 Å². The van der Waals surface area contributed by atoms with Gasteiger partial charge in [0.15, 0.2) is 5.82 Å². The number of carbonyl (C=O) groups is 2. The summed E-state index contributed by atoms with van der Waals surface area (Å²) in [6, 6.07) is 23.3. The van der Waals surface area contributed by atoms with Gasteiger partial charge in [-0.3, -0.25) is 9.59 Å². The number of likely N-dealkylation sites (tertiary alicyclic amines) is 1. The number of anilines is 1. The third-order valence-corrected chi connectivity index (χ3v) is 6.16. The molecular weight excluding hydrogens is 414 g/mol. The fraction of sp³-hybridized carbons (Fsp3) is 0.231.